The summed E-state index contributed by atoms with van der Waals surface area (Å²) in [5, 5.41) is 12.9. The lowest BCUT2D eigenvalue weighted by Crippen LogP contribution is -2.33. The molecule has 96 valence electrons. The molecule has 0 unspecified atom stereocenters. The van der Waals surface area contributed by atoms with E-state index in [1.807, 2.05) is 0 Å². The Morgan fingerprint density at radius 2 is 2.11 bits per heavy atom. The average Bonchev–Trinajstić information content (AvgIpc) is 2.87. The summed E-state index contributed by atoms with van der Waals surface area (Å²) in [6.45, 7) is 0.274. The Morgan fingerprint density at radius 1 is 1.22 bits per heavy atom. The Kier molecular flexibility index (Phi) is 3.48. The van der Waals surface area contributed by atoms with Crippen molar-refractivity contribution in [2.45, 2.75) is 37.8 Å². The molecule has 0 aliphatic heterocycles. The zero-order valence-electron chi connectivity index (χ0n) is 10.7. The molecule has 2 aliphatic rings. The van der Waals surface area contributed by atoms with Crippen LogP contribution in [-0.2, 0) is 6.42 Å². The molecule has 1 aromatic rings. The maximum Gasteiger partial charge on any atom is 0.0494 e. The Balaban J connectivity index is 1.70. The van der Waals surface area contributed by atoms with Crippen molar-refractivity contribution in [1.82, 2.24) is 5.32 Å². The monoisotopic (exact) mass is 243 g/mol. The van der Waals surface area contributed by atoms with Crippen LogP contribution in [0, 0.1) is 5.92 Å². The van der Waals surface area contributed by atoms with Gasteiger partial charge in [-0.05, 0) is 36.8 Å². The molecule has 18 heavy (non-hydrogen) atoms. The molecule has 0 radical (unpaired) electrons. The maximum atomic E-state index is 9.17. The molecule has 0 spiro atoms. The fourth-order valence-electron chi connectivity index (χ4n) is 3.22. The number of hydrogen-bond donors (Lipinski definition) is 2. The number of fused-ring (bicyclic) bond motifs is 1. The second-order valence-electron chi connectivity index (χ2n) is 5.48. The van der Waals surface area contributed by atoms with E-state index in [9.17, 15) is 0 Å². The second-order valence-corrected chi connectivity index (χ2v) is 5.48. The van der Waals surface area contributed by atoms with Gasteiger partial charge in [-0.2, -0.15) is 0 Å². The lowest BCUT2D eigenvalue weighted by molar-refractivity contribution is 0.244. The van der Waals surface area contributed by atoms with E-state index in [0.29, 0.717) is 18.0 Å². The van der Waals surface area contributed by atoms with Crippen LogP contribution in [0.1, 0.15) is 36.4 Å². The number of aliphatic hydroxyl groups excluding tert-OH is 1. The smallest absolute Gasteiger partial charge is 0.0494 e. The number of rotatable bonds is 3. The van der Waals surface area contributed by atoms with E-state index in [1.54, 1.807) is 0 Å². The third-order valence-electron chi connectivity index (χ3n) is 4.19. The van der Waals surface area contributed by atoms with Crippen LogP contribution in [0.2, 0.25) is 0 Å². The Morgan fingerprint density at radius 3 is 2.94 bits per heavy atom. The van der Waals surface area contributed by atoms with Crippen molar-refractivity contribution in [3.63, 3.8) is 0 Å². The summed E-state index contributed by atoms with van der Waals surface area (Å²) in [6, 6.07) is 9.71. The predicted octanol–water partition coefficient (Wildman–Crippen LogP) is 2.59. The minimum atomic E-state index is 0.274. The SMILES string of the molecule is OC[C@H]1C=C[C@@H](N[C@H]2CCCc3ccccc32)C1. The first-order valence-corrected chi connectivity index (χ1v) is 7.00. The van der Waals surface area contributed by atoms with Gasteiger partial charge in [0.25, 0.3) is 0 Å². The maximum absolute atomic E-state index is 9.17. The highest BCUT2D eigenvalue weighted by molar-refractivity contribution is 5.32. The first kappa shape index (κ1) is 11.9. The zero-order chi connectivity index (χ0) is 12.4. The average molecular weight is 243 g/mol. The Hall–Kier alpha value is -1.12. The van der Waals surface area contributed by atoms with Gasteiger partial charge < -0.3 is 10.4 Å². The van der Waals surface area contributed by atoms with Crippen LogP contribution < -0.4 is 5.32 Å². The van der Waals surface area contributed by atoms with E-state index in [0.717, 1.165) is 6.42 Å². The van der Waals surface area contributed by atoms with E-state index in [4.69, 9.17) is 5.11 Å². The highest BCUT2D eigenvalue weighted by Crippen LogP contribution is 2.31. The predicted molar refractivity (Wildman–Crippen MR) is 73.4 cm³/mol. The fourth-order valence-corrected chi connectivity index (χ4v) is 3.22. The molecule has 0 fully saturated rings. The number of nitrogens with one attached hydrogen (secondary N) is 1. The van der Waals surface area contributed by atoms with Crippen molar-refractivity contribution < 1.29 is 5.11 Å². The van der Waals surface area contributed by atoms with Crippen molar-refractivity contribution in [3.05, 3.63) is 47.5 Å². The lowest BCUT2D eigenvalue weighted by Gasteiger charge is -2.29. The van der Waals surface area contributed by atoms with Gasteiger partial charge in [0.1, 0.15) is 0 Å². The molecule has 0 aromatic heterocycles. The quantitative estimate of drug-likeness (QED) is 0.800. The molecule has 0 amide bonds. The molecule has 2 heteroatoms. The normalized spacial score (nSPS) is 30.4. The van der Waals surface area contributed by atoms with Crippen LogP contribution in [0.15, 0.2) is 36.4 Å². The topological polar surface area (TPSA) is 32.3 Å². The van der Waals surface area contributed by atoms with Crippen LogP contribution in [0.5, 0.6) is 0 Å². The molecule has 0 saturated carbocycles. The molecule has 1 aromatic carbocycles. The van der Waals surface area contributed by atoms with E-state index in [1.165, 1.54) is 30.4 Å². The number of hydrogen-bond acceptors (Lipinski definition) is 2. The molecule has 3 rings (SSSR count). The standard InChI is InChI=1S/C16H21NO/c18-11-12-8-9-14(10-12)17-16-7-3-5-13-4-1-2-6-15(13)16/h1-2,4,6,8-9,12,14,16-18H,3,5,7,10-11H2/t12-,14+,16-/m0/s1. The molecular formula is C16H21NO. The molecule has 2 N–H and O–H groups in total. The molecule has 0 bridgehead atoms. The van der Waals surface area contributed by atoms with Crippen LogP contribution in [0.4, 0.5) is 0 Å². The van der Waals surface area contributed by atoms with Gasteiger partial charge in [-0.15, -0.1) is 0 Å². The molecule has 2 aliphatic carbocycles. The summed E-state index contributed by atoms with van der Waals surface area (Å²) in [6.07, 6.45) is 9.12. The first-order valence-electron chi connectivity index (χ1n) is 7.00. The van der Waals surface area contributed by atoms with Crippen LogP contribution in [0.25, 0.3) is 0 Å². The van der Waals surface area contributed by atoms with Crippen LogP contribution in [0.3, 0.4) is 0 Å². The van der Waals surface area contributed by atoms with Crippen LogP contribution in [-0.4, -0.2) is 17.8 Å². The lowest BCUT2D eigenvalue weighted by atomic mass is 9.87. The van der Waals surface area contributed by atoms with E-state index in [-0.39, 0.29) is 6.61 Å². The molecule has 3 atom stereocenters. The summed E-state index contributed by atoms with van der Waals surface area (Å²) in [7, 11) is 0. The molecule has 2 nitrogen and oxygen atoms in total. The van der Waals surface area contributed by atoms with Gasteiger partial charge in [0.05, 0.1) is 0 Å². The van der Waals surface area contributed by atoms with E-state index in [2.05, 4.69) is 41.7 Å². The summed E-state index contributed by atoms with van der Waals surface area (Å²) < 4.78 is 0. The van der Waals surface area contributed by atoms with Crippen molar-refractivity contribution in [3.8, 4) is 0 Å². The summed E-state index contributed by atoms with van der Waals surface area (Å²) in [5.41, 5.74) is 2.98. The van der Waals surface area contributed by atoms with Gasteiger partial charge in [-0.3, -0.25) is 0 Å². The minimum Gasteiger partial charge on any atom is -0.396 e. The zero-order valence-corrected chi connectivity index (χ0v) is 10.7. The van der Waals surface area contributed by atoms with Crippen molar-refractivity contribution >= 4 is 0 Å². The molecular weight excluding hydrogens is 222 g/mol. The number of benzene rings is 1. The van der Waals surface area contributed by atoms with Gasteiger partial charge in [0.2, 0.25) is 0 Å². The van der Waals surface area contributed by atoms with Crippen molar-refractivity contribution in [2.75, 3.05) is 6.61 Å². The highest BCUT2D eigenvalue weighted by Gasteiger charge is 2.24. The van der Waals surface area contributed by atoms with Gasteiger partial charge in [0.15, 0.2) is 0 Å². The third-order valence-corrected chi connectivity index (χ3v) is 4.19. The fraction of sp³-hybridized carbons (Fsp3) is 0.500. The van der Waals surface area contributed by atoms with Crippen molar-refractivity contribution in [1.29, 1.82) is 0 Å². The number of aliphatic hydroxyl groups is 1. The molecule has 0 saturated heterocycles. The minimum absolute atomic E-state index is 0.274. The van der Waals surface area contributed by atoms with Gasteiger partial charge in [-0.1, -0.05) is 36.4 Å². The van der Waals surface area contributed by atoms with E-state index >= 15 is 0 Å². The summed E-state index contributed by atoms with van der Waals surface area (Å²) >= 11 is 0. The Bertz CT molecular complexity index is 440. The number of aryl methyl sites for hydroxylation is 1. The second kappa shape index (κ2) is 5.25. The van der Waals surface area contributed by atoms with E-state index < -0.39 is 0 Å². The summed E-state index contributed by atoms with van der Waals surface area (Å²) in [5.74, 6) is 0.348. The van der Waals surface area contributed by atoms with Crippen LogP contribution >= 0.6 is 0 Å². The first-order chi connectivity index (χ1) is 8.86. The third kappa shape index (κ3) is 2.36. The van der Waals surface area contributed by atoms with Gasteiger partial charge >= 0.3 is 0 Å². The summed E-state index contributed by atoms with van der Waals surface area (Å²) in [4.78, 5) is 0. The Labute approximate surface area is 109 Å². The largest absolute Gasteiger partial charge is 0.396 e. The molecule has 0 heterocycles. The van der Waals surface area contributed by atoms with Gasteiger partial charge in [-0.25, -0.2) is 0 Å². The van der Waals surface area contributed by atoms with Crippen molar-refractivity contribution in [2.24, 2.45) is 5.92 Å². The highest BCUT2D eigenvalue weighted by atomic mass is 16.3. The van der Waals surface area contributed by atoms with Gasteiger partial charge in [0, 0.05) is 24.6 Å².